The fourth-order valence-corrected chi connectivity index (χ4v) is 4.65. The van der Waals surface area contributed by atoms with Crippen molar-refractivity contribution in [2.24, 2.45) is 5.92 Å². The van der Waals surface area contributed by atoms with Gasteiger partial charge in [0.2, 0.25) is 0 Å². The molecule has 1 heterocycles. The number of esters is 1. The lowest BCUT2D eigenvalue weighted by Crippen LogP contribution is -2.19. The highest BCUT2D eigenvalue weighted by Gasteiger charge is 2.28. The molecule has 6 nitrogen and oxygen atoms in total. The Bertz CT molecular complexity index is 1440. The van der Waals surface area contributed by atoms with Gasteiger partial charge in [0.1, 0.15) is 6.61 Å². The van der Waals surface area contributed by atoms with Crippen LogP contribution in [-0.4, -0.2) is 15.9 Å². The Hall–Kier alpha value is -4.32. The molecule has 0 fully saturated rings. The molecule has 0 N–H and O–H groups in total. The van der Waals surface area contributed by atoms with E-state index in [2.05, 4.69) is 25.1 Å². The number of nitro benzene ring substituents is 1. The molecule has 0 radical (unpaired) electrons. The van der Waals surface area contributed by atoms with Crippen molar-refractivity contribution in [1.29, 1.82) is 0 Å². The molecular weight excluding hydrogens is 440 g/mol. The summed E-state index contributed by atoms with van der Waals surface area (Å²) in [4.78, 5) is 28.9. The van der Waals surface area contributed by atoms with Gasteiger partial charge in [-0.05, 0) is 65.3 Å². The number of non-ortho nitro benzene ring substituents is 1. The number of nitrogens with zero attached hydrogens (tertiary/aromatic N) is 2. The first kappa shape index (κ1) is 22.5. The van der Waals surface area contributed by atoms with Crippen molar-refractivity contribution in [3.8, 4) is 0 Å². The summed E-state index contributed by atoms with van der Waals surface area (Å²) >= 11 is 0. The molecule has 1 aliphatic carbocycles. The van der Waals surface area contributed by atoms with Crippen LogP contribution in [-0.2, 0) is 17.8 Å². The van der Waals surface area contributed by atoms with E-state index >= 15 is 0 Å². The van der Waals surface area contributed by atoms with Gasteiger partial charge in [-0.2, -0.15) is 0 Å². The van der Waals surface area contributed by atoms with Crippen LogP contribution in [0.4, 0.5) is 5.69 Å². The molecule has 174 valence electrons. The van der Waals surface area contributed by atoms with Gasteiger partial charge in [0.05, 0.1) is 21.7 Å². The Morgan fingerprint density at radius 2 is 1.74 bits per heavy atom. The van der Waals surface area contributed by atoms with E-state index in [1.54, 1.807) is 12.1 Å². The molecule has 6 heteroatoms. The number of rotatable bonds is 5. The SMILES string of the molecule is CC1CC(=Cc2ccccc2)c2nc3ccccc3c(C(=O)OCc3ccc([N+](=O)[O-])cc3)c2C1. The maximum Gasteiger partial charge on any atom is 0.339 e. The standard InChI is InChI=1S/C29H24N2O4/c1-19-15-22(17-20-7-3-2-4-8-20)28-25(16-19)27(24-9-5-6-10-26(24)30-28)29(32)35-18-21-11-13-23(14-12-21)31(33)34/h2-14,17,19H,15-16,18H2,1H3. The molecule has 0 saturated carbocycles. The molecule has 3 aromatic carbocycles. The Labute approximate surface area is 203 Å². The summed E-state index contributed by atoms with van der Waals surface area (Å²) in [6.07, 6.45) is 3.77. The zero-order valence-electron chi connectivity index (χ0n) is 19.3. The fourth-order valence-electron chi connectivity index (χ4n) is 4.65. The first-order valence-corrected chi connectivity index (χ1v) is 11.6. The lowest BCUT2D eigenvalue weighted by molar-refractivity contribution is -0.384. The minimum absolute atomic E-state index is 0.000921. The van der Waals surface area contributed by atoms with E-state index < -0.39 is 10.9 Å². The Kier molecular flexibility index (Phi) is 6.10. The van der Waals surface area contributed by atoms with Crippen molar-refractivity contribution >= 4 is 34.2 Å². The number of fused-ring (bicyclic) bond motifs is 2. The first-order valence-electron chi connectivity index (χ1n) is 11.6. The number of ether oxygens (including phenoxy) is 1. The molecule has 0 saturated heterocycles. The second-order valence-corrected chi connectivity index (χ2v) is 8.92. The number of nitro groups is 1. The third kappa shape index (κ3) is 4.68. The molecule has 0 amide bonds. The quantitative estimate of drug-likeness (QED) is 0.188. The van der Waals surface area contributed by atoms with Gasteiger partial charge in [0.25, 0.3) is 5.69 Å². The lowest BCUT2D eigenvalue weighted by atomic mass is 9.80. The number of hydrogen-bond acceptors (Lipinski definition) is 5. The van der Waals surface area contributed by atoms with E-state index in [0.29, 0.717) is 17.0 Å². The van der Waals surface area contributed by atoms with Gasteiger partial charge in [-0.1, -0.05) is 55.5 Å². The molecule has 5 rings (SSSR count). The molecule has 0 aliphatic heterocycles. The van der Waals surface area contributed by atoms with Crippen LogP contribution in [0.25, 0.3) is 22.6 Å². The second-order valence-electron chi connectivity index (χ2n) is 8.92. The van der Waals surface area contributed by atoms with Gasteiger partial charge >= 0.3 is 5.97 Å². The Morgan fingerprint density at radius 1 is 1.03 bits per heavy atom. The second kappa shape index (κ2) is 9.50. The summed E-state index contributed by atoms with van der Waals surface area (Å²) in [6, 6.07) is 23.8. The zero-order chi connectivity index (χ0) is 24.4. The molecule has 0 spiro atoms. The van der Waals surface area contributed by atoms with E-state index in [1.165, 1.54) is 12.1 Å². The van der Waals surface area contributed by atoms with Gasteiger partial charge in [-0.25, -0.2) is 9.78 Å². The largest absolute Gasteiger partial charge is 0.457 e. The van der Waals surface area contributed by atoms with E-state index in [4.69, 9.17) is 9.72 Å². The Balaban J connectivity index is 1.55. The lowest BCUT2D eigenvalue weighted by Gasteiger charge is -2.26. The van der Waals surface area contributed by atoms with E-state index in [1.807, 2.05) is 42.5 Å². The highest BCUT2D eigenvalue weighted by molar-refractivity contribution is 6.06. The van der Waals surface area contributed by atoms with Gasteiger partial charge in [0, 0.05) is 17.5 Å². The van der Waals surface area contributed by atoms with Crippen molar-refractivity contribution in [3.63, 3.8) is 0 Å². The van der Waals surface area contributed by atoms with Crippen LogP contribution >= 0.6 is 0 Å². The number of aromatic nitrogens is 1. The van der Waals surface area contributed by atoms with Crippen LogP contribution < -0.4 is 0 Å². The molecule has 35 heavy (non-hydrogen) atoms. The highest BCUT2D eigenvalue weighted by atomic mass is 16.6. The summed E-state index contributed by atoms with van der Waals surface area (Å²) < 4.78 is 5.72. The number of carbonyl (C=O) groups excluding carboxylic acids is 1. The maximum atomic E-state index is 13.5. The number of allylic oxidation sites excluding steroid dienone is 1. The van der Waals surface area contributed by atoms with Crippen LogP contribution in [0.3, 0.4) is 0 Å². The van der Waals surface area contributed by atoms with E-state index in [9.17, 15) is 14.9 Å². The number of benzene rings is 3. The van der Waals surface area contributed by atoms with Crippen molar-refractivity contribution in [1.82, 2.24) is 4.98 Å². The molecule has 1 atom stereocenters. The van der Waals surface area contributed by atoms with Crippen LogP contribution in [0.1, 0.15) is 46.1 Å². The van der Waals surface area contributed by atoms with Crippen LogP contribution in [0.2, 0.25) is 0 Å². The van der Waals surface area contributed by atoms with Crippen molar-refractivity contribution in [2.75, 3.05) is 0 Å². The number of carbonyl (C=O) groups is 1. The van der Waals surface area contributed by atoms with Gasteiger partial charge < -0.3 is 4.74 Å². The predicted molar refractivity (Wildman–Crippen MR) is 136 cm³/mol. The molecule has 1 unspecified atom stereocenters. The summed E-state index contributed by atoms with van der Waals surface area (Å²) in [6.45, 7) is 2.22. The number of pyridine rings is 1. The monoisotopic (exact) mass is 464 g/mol. The van der Waals surface area contributed by atoms with Crippen molar-refractivity contribution < 1.29 is 14.5 Å². The minimum Gasteiger partial charge on any atom is -0.457 e. The zero-order valence-corrected chi connectivity index (χ0v) is 19.3. The average Bonchev–Trinajstić information content (AvgIpc) is 2.87. The first-order chi connectivity index (χ1) is 17.0. The fraction of sp³-hybridized carbons (Fsp3) is 0.172. The summed E-state index contributed by atoms with van der Waals surface area (Å²) in [5.74, 6) is -0.0620. The molecule has 0 bridgehead atoms. The smallest absolute Gasteiger partial charge is 0.339 e. The van der Waals surface area contributed by atoms with Gasteiger partial charge in [0.15, 0.2) is 0 Å². The summed E-state index contributed by atoms with van der Waals surface area (Å²) in [7, 11) is 0. The maximum absolute atomic E-state index is 13.5. The van der Waals surface area contributed by atoms with Crippen molar-refractivity contribution in [3.05, 3.63) is 117 Å². The molecular formula is C29H24N2O4. The topological polar surface area (TPSA) is 82.3 Å². The van der Waals surface area contributed by atoms with Crippen LogP contribution in [0, 0.1) is 16.0 Å². The molecule has 1 aliphatic rings. The molecule has 1 aromatic heterocycles. The minimum atomic E-state index is -0.451. The number of hydrogen-bond donors (Lipinski definition) is 0. The predicted octanol–water partition coefficient (Wildman–Crippen LogP) is 6.62. The third-order valence-electron chi connectivity index (χ3n) is 6.28. The van der Waals surface area contributed by atoms with E-state index in [0.717, 1.165) is 46.1 Å². The van der Waals surface area contributed by atoms with Crippen LogP contribution in [0.15, 0.2) is 78.9 Å². The van der Waals surface area contributed by atoms with Crippen LogP contribution in [0.5, 0.6) is 0 Å². The summed E-state index contributed by atoms with van der Waals surface area (Å²) in [5.41, 5.74) is 5.97. The van der Waals surface area contributed by atoms with Crippen molar-refractivity contribution in [2.45, 2.75) is 26.4 Å². The average molecular weight is 465 g/mol. The Morgan fingerprint density at radius 3 is 2.49 bits per heavy atom. The van der Waals surface area contributed by atoms with E-state index in [-0.39, 0.29) is 12.3 Å². The normalized spacial score (nSPS) is 16.1. The van der Waals surface area contributed by atoms with Gasteiger partial charge in [-0.3, -0.25) is 10.1 Å². The highest BCUT2D eigenvalue weighted by Crippen LogP contribution is 2.38. The number of para-hydroxylation sites is 1. The third-order valence-corrected chi connectivity index (χ3v) is 6.28. The molecule has 4 aromatic rings. The summed E-state index contributed by atoms with van der Waals surface area (Å²) in [5, 5.41) is 11.7. The van der Waals surface area contributed by atoms with Gasteiger partial charge in [-0.15, -0.1) is 0 Å².